The smallest absolute Gasteiger partial charge is 0.335 e. The molecule has 23 heavy (non-hydrogen) atoms. The quantitative estimate of drug-likeness (QED) is 0.827. The first-order chi connectivity index (χ1) is 10.9. The van der Waals surface area contributed by atoms with Crippen molar-refractivity contribution in [3.05, 3.63) is 39.9 Å². The Morgan fingerprint density at radius 3 is 2.57 bits per heavy atom. The van der Waals surface area contributed by atoms with Crippen LogP contribution in [-0.2, 0) is 14.3 Å². The first kappa shape index (κ1) is 16.1. The van der Waals surface area contributed by atoms with E-state index in [2.05, 4.69) is 5.32 Å². The summed E-state index contributed by atoms with van der Waals surface area (Å²) in [5, 5.41) is 3.33. The van der Waals surface area contributed by atoms with Crippen molar-refractivity contribution in [3.8, 4) is 0 Å². The molecule has 1 aliphatic carbocycles. The Bertz CT molecular complexity index is 702. The van der Waals surface area contributed by atoms with E-state index in [0.717, 1.165) is 24.8 Å². The third-order valence-electron chi connectivity index (χ3n) is 4.69. The molecule has 0 saturated heterocycles. The van der Waals surface area contributed by atoms with E-state index in [1.165, 1.54) is 0 Å². The number of rotatable bonds is 2. The maximum absolute atomic E-state index is 12.8. The predicted octanol–water partition coefficient (Wildman–Crippen LogP) is 4.16. The highest BCUT2D eigenvalue weighted by atomic mass is 35.5. The van der Waals surface area contributed by atoms with Crippen molar-refractivity contribution in [1.29, 1.82) is 0 Å². The van der Waals surface area contributed by atoms with E-state index in [9.17, 15) is 9.59 Å². The molecule has 4 nitrogen and oxygen atoms in total. The predicted molar refractivity (Wildman–Crippen MR) is 89.4 cm³/mol. The van der Waals surface area contributed by atoms with Crippen LogP contribution in [0.1, 0.15) is 44.6 Å². The molecule has 1 aliphatic heterocycles. The van der Waals surface area contributed by atoms with Crippen LogP contribution >= 0.6 is 11.6 Å². The van der Waals surface area contributed by atoms with Gasteiger partial charge in [0.25, 0.3) is 5.91 Å². The summed E-state index contributed by atoms with van der Waals surface area (Å²) in [6.45, 7) is 3.60. The molecule has 5 heteroatoms. The van der Waals surface area contributed by atoms with Crippen LogP contribution in [-0.4, -0.2) is 17.5 Å². The van der Waals surface area contributed by atoms with Gasteiger partial charge in [0.1, 0.15) is 5.60 Å². The lowest BCUT2D eigenvalue weighted by molar-refractivity contribution is -0.149. The minimum Gasteiger partial charge on any atom is -0.451 e. The summed E-state index contributed by atoms with van der Waals surface area (Å²) >= 11 is 6.19. The number of halogens is 1. The van der Waals surface area contributed by atoms with Crippen LogP contribution in [0.4, 0.5) is 5.69 Å². The number of ether oxygens (including phenoxy) is 1. The Hall–Kier alpha value is -1.81. The SMILES string of the molecule is CC1=C(C(=O)Nc2ccc(C)cc2Cl)C2(CCCCC2)OC1=O. The molecule has 122 valence electrons. The highest BCUT2D eigenvalue weighted by molar-refractivity contribution is 6.34. The molecule has 1 saturated carbocycles. The van der Waals surface area contributed by atoms with Gasteiger partial charge >= 0.3 is 5.97 Å². The van der Waals surface area contributed by atoms with Crippen LogP contribution in [0.15, 0.2) is 29.3 Å². The number of hydrogen-bond donors (Lipinski definition) is 1. The maximum Gasteiger partial charge on any atom is 0.335 e. The average molecular weight is 334 g/mol. The number of anilines is 1. The number of amides is 1. The minimum absolute atomic E-state index is 0.291. The monoisotopic (exact) mass is 333 g/mol. The topological polar surface area (TPSA) is 55.4 Å². The van der Waals surface area contributed by atoms with Crippen molar-refractivity contribution in [2.45, 2.75) is 51.6 Å². The van der Waals surface area contributed by atoms with E-state index in [4.69, 9.17) is 16.3 Å². The van der Waals surface area contributed by atoms with Crippen LogP contribution in [0.3, 0.4) is 0 Å². The Labute approximate surface area is 140 Å². The lowest BCUT2D eigenvalue weighted by Crippen LogP contribution is -2.39. The first-order valence-electron chi connectivity index (χ1n) is 7.95. The summed E-state index contributed by atoms with van der Waals surface area (Å²) < 4.78 is 5.62. The van der Waals surface area contributed by atoms with Gasteiger partial charge in [0.15, 0.2) is 0 Å². The Kier molecular flexibility index (Phi) is 4.19. The van der Waals surface area contributed by atoms with Gasteiger partial charge in [0, 0.05) is 5.57 Å². The Morgan fingerprint density at radius 1 is 1.22 bits per heavy atom. The van der Waals surface area contributed by atoms with Crippen molar-refractivity contribution in [2.75, 3.05) is 5.32 Å². The number of hydrogen-bond acceptors (Lipinski definition) is 3. The van der Waals surface area contributed by atoms with Gasteiger partial charge in [-0.3, -0.25) is 4.79 Å². The van der Waals surface area contributed by atoms with Crippen molar-refractivity contribution in [1.82, 2.24) is 0 Å². The number of aryl methyl sites for hydroxylation is 1. The fraction of sp³-hybridized carbons (Fsp3) is 0.444. The number of carbonyl (C=O) groups excluding carboxylic acids is 2. The van der Waals surface area contributed by atoms with Gasteiger partial charge in [0.2, 0.25) is 0 Å². The van der Waals surface area contributed by atoms with E-state index < -0.39 is 5.60 Å². The zero-order valence-corrected chi connectivity index (χ0v) is 14.1. The molecular formula is C18H20ClNO3. The molecule has 0 aromatic heterocycles. The van der Waals surface area contributed by atoms with Gasteiger partial charge in [0.05, 0.1) is 16.3 Å². The summed E-state index contributed by atoms with van der Waals surface area (Å²) in [5.41, 5.74) is 1.70. The van der Waals surface area contributed by atoms with Crippen LogP contribution in [0.5, 0.6) is 0 Å². The number of carbonyl (C=O) groups is 2. The van der Waals surface area contributed by atoms with Crippen molar-refractivity contribution >= 4 is 29.2 Å². The molecule has 0 unspecified atom stereocenters. The summed E-state index contributed by atoms with van der Waals surface area (Å²) in [7, 11) is 0. The summed E-state index contributed by atoms with van der Waals surface area (Å²) in [6.07, 6.45) is 4.45. The fourth-order valence-corrected chi connectivity index (χ4v) is 3.79. The van der Waals surface area contributed by atoms with E-state index in [0.29, 0.717) is 34.7 Å². The summed E-state index contributed by atoms with van der Waals surface area (Å²) in [6, 6.07) is 5.46. The lowest BCUT2D eigenvalue weighted by Gasteiger charge is -2.34. The van der Waals surface area contributed by atoms with Crippen LogP contribution in [0, 0.1) is 6.92 Å². The second-order valence-corrected chi connectivity index (χ2v) is 6.79. The van der Waals surface area contributed by atoms with Gasteiger partial charge in [-0.25, -0.2) is 4.79 Å². The van der Waals surface area contributed by atoms with E-state index >= 15 is 0 Å². The van der Waals surface area contributed by atoms with Crippen molar-refractivity contribution in [3.63, 3.8) is 0 Å². The third-order valence-corrected chi connectivity index (χ3v) is 5.00. The highest BCUT2D eigenvalue weighted by Crippen LogP contribution is 2.44. The third kappa shape index (κ3) is 2.88. The molecule has 1 fully saturated rings. The zero-order valence-electron chi connectivity index (χ0n) is 13.4. The largest absolute Gasteiger partial charge is 0.451 e. The molecule has 1 amide bonds. The molecule has 1 spiro atoms. The zero-order chi connectivity index (χ0) is 16.6. The van der Waals surface area contributed by atoms with Gasteiger partial charge in [-0.05, 0) is 57.2 Å². The van der Waals surface area contributed by atoms with Gasteiger partial charge in [-0.2, -0.15) is 0 Å². The fourth-order valence-electron chi connectivity index (χ4n) is 3.51. The van der Waals surface area contributed by atoms with Crippen molar-refractivity contribution in [2.24, 2.45) is 0 Å². The Morgan fingerprint density at radius 2 is 1.91 bits per heavy atom. The van der Waals surface area contributed by atoms with Crippen LogP contribution in [0.2, 0.25) is 5.02 Å². The van der Waals surface area contributed by atoms with E-state index in [1.807, 2.05) is 13.0 Å². The van der Waals surface area contributed by atoms with Crippen molar-refractivity contribution < 1.29 is 14.3 Å². The Balaban J connectivity index is 1.91. The molecular weight excluding hydrogens is 314 g/mol. The molecule has 2 aliphatic rings. The molecule has 0 bridgehead atoms. The van der Waals surface area contributed by atoms with Crippen LogP contribution in [0.25, 0.3) is 0 Å². The maximum atomic E-state index is 12.8. The van der Waals surface area contributed by atoms with Gasteiger partial charge in [-0.15, -0.1) is 0 Å². The highest BCUT2D eigenvalue weighted by Gasteiger charge is 2.49. The normalized spacial score (nSPS) is 19.9. The van der Waals surface area contributed by atoms with E-state index in [-0.39, 0.29) is 11.9 Å². The van der Waals surface area contributed by atoms with Crippen LogP contribution < -0.4 is 5.32 Å². The standard InChI is InChI=1S/C18H20ClNO3/c1-11-6-7-14(13(19)10-11)20-16(21)15-12(2)17(22)23-18(15)8-4-3-5-9-18/h6-7,10H,3-5,8-9H2,1-2H3,(H,20,21). The molecule has 1 aromatic rings. The van der Waals surface area contributed by atoms with Gasteiger partial charge in [-0.1, -0.05) is 24.1 Å². The molecule has 0 atom stereocenters. The first-order valence-corrected chi connectivity index (χ1v) is 8.33. The van der Waals surface area contributed by atoms with E-state index in [1.54, 1.807) is 19.1 Å². The number of nitrogens with one attached hydrogen (secondary N) is 1. The summed E-state index contributed by atoms with van der Waals surface area (Å²) in [5.74, 6) is -0.673. The number of benzene rings is 1. The second-order valence-electron chi connectivity index (χ2n) is 6.38. The summed E-state index contributed by atoms with van der Waals surface area (Å²) in [4.78, 5) is 24.9. The lowest BCUT2D eigenvalue weighted by atomic mass is 9.78. The molecule has 3 rings (SSSR count). The molecule has 1 aromatic carbocycles. The molecule has 1 heterocycles. The number of esters is 1. The minimum atomic E-state index is -0.749. The molecule has 0 radical (unpaired) electrons. The molecule has 1 N–H and O–H groups in total. The second kappa shape index (κ2) is 6.00. The van der Waals surface area contributed by atoms with Gasteiger partial charge < -0.3 is 10.1 Å². The average Bonchev–Trinajstić information content (AvgIpc) is 2.73.